The zero-order valence-electron chi connectivity index (χ0n) is 16.7. The molecule has 0 radical (unpaired) electrons. The molecule has 0 aliphatic rings. The van der Waals surface area contributed by atoms with Crippen LogP contribution in [-0.4, -0.2) is 21.4 Å². The van der Waals surface area contributed by atoms with E-state index in [-0.39, 0.29) is 17.5 Å². The Bertz CT molecular complexity index is 934. The highest BCUT2D eigenvalue weighted by atomic mass is 16.1. The van der Waals surface area contributed by atoms with Crippen LogP contribution in [0.15, 0.2) is 66.7 Å². The third kappa shape index (κ3) is 5.16. The fourth-order valence-electron chi connectivity index (χ4n) is 2.82. The Hall–Kier alpha value is -3.21. The lowest BCUT2D eigenvalue weighted by atomic mass is 10.1. The Morgan fingerprint density at radius 3 is 2.14 bits per heavy atom. The minimum Gasteiger partial charge on any atom is -0.365 e. The minimum atomic E-state index is -0.229. The van der Waals surface area contributed by atoms with E-state index in [9.17, 15) is 4.79 Å². The first-order valence-corrected chi connectivity index (χ1v) is 9.40. The fourth-order valence-corrected chi connectivity index (χ4v) is 2.82. The smallest absolute Gasteiger partial charge is 0.270 e. The van der Waals surface area contributed by atoms with Gasteiger partial charge in [0.15, 0.2) is 5.82 Å². The van der Waals surface area contributed by atoms with Gasteiger partial charge in [0.05, 0.1) is 6.04 Å². The normalized spacial score (nSPS) is 12.3. The molecule has 0 saturated heterocycles. The van der Waals surface area contributed by atoms with Crippen LogP contribution in [0.1, 0.15) is 49.8 Å². The van der Waals surface area contributed by atoms with Gasteiger partial charge in [0.25, 0.3) is 5.91 Å². The molecule has 2 aromatic carbocycles. The molecular formula is C23H26N4O. The summed E-state index contributed by atoms with van der Waals surface area (Å²) in [5.74, 6) is 0.916. The molecule has 3 rings (SSSR count). The third-order valence-corrected chi connectivity index (χ3v) is 4.14. The van der Waals surface area contributed by atoms with Gasteiger partial charge >= 0.3 is 0 Å². The first kappa shape index (κ1) is 19.5. The maximum absolute atomic E-state index is 12.9. The predicted octanol–water partition coefficient (Wildman–Crippen LogP) is 4.85. The zero-order valence-corrected chi connectivity index (χ0v) is 16.7. The van der Waals surface area contributed by atoms with Crippen molar-refractivity contribution in [1.29, 1.82) is 0 Å². The van der Waals surface area contributed by atoms with Crippen molar-refractivity contribution in [3.63, 3.8) is 0 Å². The second kappa shape index (κ2) is 8.21. The van der Waals surface area contributed by atoms with Gasteiger partial charge in [-0.1, -0.05) is 60.7 Å². The van der Waals surface area contributed by atoms with Gasteiger partial charge in [-0.15, -0.1) is 0 Å². The summed E-state index contributed by atoms with van der Waals surface area (Å²) in [7, 11) is 0. The first-order chi connectivity index (χ1) is 13.3. The standard InChI is InChI=1S/C23H26N4O/c1-16(17-11-7-5-8-12-17)24-22(28)19-15-20(27-23(2,3)4)26-21(25-19)18-13-9-6-10-14-18/h5-16H,1-4H3,(H,24,28)(H,25,26,27). The number of hydrogen-bond donors (Lipinski definition) is 2. The van der Waals surface area contributed by atoms with E-state index in [2.05, 4.69) is 41.4 Å². The van der Waals surface area contributed by atoms with Crippen LogP contribution in [0.25, 0.3) is 11.4 Å². The second-order valence-corrected chi connectivity index (χ2v) is 7.81. The van der Waals surface area contributed by atoms with Crippen LogP contribution in [0.4, 0.5) is 5.82 Å². The van der Waals surface area contributed by atoms with E-state index in [1.807, 2.05) is 67.6 Å². The lowest BCUT2D eigenvalue weighted by Gasteiger charge is -2.22. The molecule has 144 valence electrons. The highest BCUT2D eigenvalue weighted by Crippen LogP contribution is 2.21. The summed E-state index contributed by atoms with van der Waals surface area (Å²) in [6, 6.07) is 21.1. The van der Waals surface area contributed by atoms with Gasteiger partial charge in [-0.2, -0.15) is 0 Å². The van der Waals surface area contributed by atoms with E-state index >= 15 is 0 Å². The summed E-state index contributed by atoms with van der Waals surface area (Å²) in [5.41, 5.74) is 2.06. The van der Waals surface area contributed by atoms with Crippen LogP contribution in [-0.2, 0) is 0 Å². The Morgan fingerprint density at radius 2 is 1.54 bits per heavy atom. The SMILES string of the molecule is CC(NC(=O)c1cc(NC(C)(C)C)nc(-c2ccccc2)n1)c1ccccc1. The van der Waals surface area contributed by atoms with Crippen molar-refractivity contribution < 1.29 is 4.79 Å². The maximum Gasteiger partial charge on any atom is 0.270 e. The topological polar surface area (TPSA) is 66.9 Å². The monoisotopic (exact) mass is 374 g/mol. The van der Waals surface area contributed by atoms with Crippen LogP contribution in [0.2, 0.25) is 0 Å². The lowest BCUT2D eigenvalue weighted by molar-refractivity contribution is 0.0935. The van der Waals surface area contributed by atoms with E-state index in [4.69, 9.17) is 0 Å². The van der Waals surface area contributed by atoms with Gasteiger partial charge in [-0.3, -0.25) is 4.79 Å². The molecule has 0 aliphatic carbocycles. The first-order valence-electron chi connectivity index (χ1n) is 9.40. The summed E-state index contributed by atoms with van der Waals surface area (Å²) in [6.07, 6.45) is 0. The van der Waals surface area contributed by atoms with Crippen molar-refractivity contribution >= 4 is 11.7 Å². The number of hydrogen-bond acceptors (Lipinski definition) is 4. The van der Waals surface area contributed by atoms with E-state index in [0.717, 1.165) is 11.1 Å². The van der Waals surface area contributed by atoms with Crippen LogP contribution in [0.5, 0.6) is 0 Å². The molecule has 5 heteroatoms. The van der Waals surface area contributed by atoms with Crippen LogP contribution in [0.3, 0.4) is 0 Å². The molecule has 0 bridgehead atoms. The molecule has 0 saturated carbocycles. The van der Waals surface area contributed by atoms with E-state index in [1.165, 1.54) is 0 Å². The molecule has 1 atom stereocenters. The molecule has 0 fully saturated rings. The van der Waals surface area contributed by atoms with Crippen LogP contribution >= 0.6 is 0 Å². The summed E-state index contributed by atoms with van der Waals surface area (Å²) < 4.78 is 0. The van der Waals surface area contributed by atoms with Gasteiger partial charge in [-0.25, -0.2) is 9.97 Å². The van der Waals surface area contributed by atoms with Crippen molar-refractivity contribution in [3.8, 4) is 11.4 Å². The number of nitrogens with zero attached hydrogens (tertiary/aromatic N) is 2. The van der Waals surface area contributed by atoms with Gasteiger partial charge < -0.3 is 10.6 Å². The van der Waals surface area contributed by atoms with E-state index in [1.54, 1.807) is 6.07 Å². The minimum absolute atomic E-state index is 0.122. The molecular weight excluding hydrogens is 348 g/mol. The van der Waals surface area contributed by atoms with Crippen molar-refractivity contribution in [3.05, 3.63) is 78.0 Å². The number of benzene rings is 2. The number of carbonyl (C=O) groups is 1. The average molecular weight is 374 g/mol. The molecule has 28 heavy (non-hydrogen) atoms. The Labute approximate surface area is 166 Å². The van der Waals surface area contributed by atoms with Gasteiger partial charge in [0, 0.05) is 17.2 Å². The second-order valence-electron chi connectivity index (χ2n) is 7.81. The van der Waals surface area contributed by atoms with Gasteiger partial charge in [-0.05, 0) is 33.3 Å². The Morgan fingerprint density at radius 1 is 0.929 bits per heavy atom. The fraction of sp³-hybridized carbons (Fsp3) is 0.261. The van der Waals surface area contributed by atoms with Crippen molar-refractivity contribution in [2.24, 2.45) is 0 Å². The molecule has 1 heterocycles. The number of anilines is 1. The number of nitrogens with one attached hydrogen (secondary N) is 2. The van der Waals surface area contributed by atoms with Gasteiger partial charge in [0.2, 0.25) is 0 Å². The number of rotatable bonds is 5. The van der Waals surface area contributed by atoms with E-state index in [0.29, 0.717) is 17.3 Å². The molecule has 3 aromatic rings. The Kier molecular flexibility index (Phi) is 5.73. The largest absolute Gasteiger partial charge is 0.365 e. The average Bonchev–Trinajstić information content (AvgIpc) is 2.67. The third-order valence-electron chi connectivity index (χ3n) is 4.14. The van der Waals surface area contributed by atoms with Crippen LogP contribution in [0, 0.1) is 0 Å². The van der Waals surface area contributed by atoms with Crippen molar-refractivity contribution in [2.75, 3.05) is 5.32 Å². The van der Waals surface area contributed by atoms with Crippen molar-refractivity contribution in [2.45, 2.75) is 39.3 Å². The molecule has 5 nitrogen and oxygen atoms in total. The summed E-state index contributed by atoms with van der Waals surface area (Å²) in [5, 5.41) is 6.36. The zero-order chi connectivity index (χ0) is 20.1. The summed E-state index contributed by atoms with van der Waals surface area (Å²) in [4.78, 5) is 22.0. The highest BCUT2D eigenvalue weighted by molar-refractivity contribution is 5.93. The predicted molar refractivity (Wildman–Crippen MR) is 113 cm³/mol. The van der Waals surface area contributed by atoms with Gasteiger partial charge in [0.1, 0.15) is 11.5 Å². The number of aromatic nitrogens is 2. The summed E-state index contributed by atoms with van der Waals surface area (Å²) >= 11 is 0. The lowest BCUT2D eigenvalue weighted by Crippen LogP contribution is -2.29. The molecule has 1 unspecified atom stereocenters. The van der Waals surface area contributed by atoms with E-state index < -0.39 is 0 Å². The number of carbonyl (C=O) groups excluding carboxylic acids is 1. The Balaban J connectivity index is 1.92. The molecule has 1 aromatic heterocycles. The van der Waals surface area contributed by atoms with Crippen molar-refractivity contribution in [1.82, 2.24) is 15.3 Å². The summed E-state index contributed by atoms with van der Waals surface area (Å²) in [6.45, 7) is 8.11. The maximum atomic E-state index is 12.9. The molecule has 2 N–H and O–H groups in total. The number of amides is 1. The molecule has 0 spiro atoms. The van der Waals surface area contributed by atoms with Crippen LogP contribution < -0.4 is 10.6 Å². The molecule has 0 aliphatic heterocycles. The molecule has 1 amide bonds. The highest BCUT2D eigenvalue weighted by Gasteiger charge is 2.18. The quantitative estimate of drug-likeness (QED) is 0.670.